The predicted octanol–water partition coefficient (Wildman–Crippen LogP) is 2.75. The maximum absolute atomic E-state index is 13.9. The van der Waals surface area contributed by atoms with E-state index in [4.69, 9.17) is 56.8 Å². The Bertz CT molecular complexity index is 1960. The third kappa shape index (κ3) is 16.6. The van der Waals surface area contributed by atoms with E-state index in [0.29, 0.717) is 32.8 Å². The lowest BCUT2D eigenvalue weighted by Crippen LogP contribution is -2.51. The van der Waals surface area contributed by atoms with Gasteiger partial charge in [-0.25, -0.2) is 19.4 Å². The first kappa shape index (κ1) is 56.2. The number of nitrogens with one attached hydrogen (secondary N) is 2. The molecule has 2 fully saturated rings. The van der Waals surface area contributed by atoms with Gasteiger partial charge in [0.1, 0.15) is 36.6 Å². The minimum Gasteiger partial charge on any atom is -0.500 e. The molecule has 4 heterocycles. The maximum Gasteiger partial charge on any atom is 0.375 e. The lowest BCUT2D eigenvalue weighted by Gasteiger charge is -2.30. The summed E-state index contributed by atoms with van der Waals surface area (Å²) >= 11 is 0. The Morgan fingerprint density at radius 1 is 0.725 bits per heavy atom. The summed E-state index contributed by atoms with van der Waals surface area (Å²) in [7, 11) is 2.59. The van der Waals surface area contributed by atoms with Crippen LogP contribution in [0.15, 0.2) is 24.5 Å². The van der Waals surface area contributed by atoms with E-state index < -0.39 is 103 Å². The summed E-state index contributed by atoms with van der Waals surface area (Å²) in [5.74, 6) is -5.36. The molecule has 0 bridgehead atoms. The largest absolute Gasteiger partial charge is 0.500 e. The summed E-state index contributed by atoms with van der Waals surface area (Å²) in [4.78, 5) is 72.1. The number of esters is 3. The molecular weight excluding hydrogens is 909 g/mol. The number of pyridine rings is 2. The molecule has 0 saturated carbocycles. The highest BCUT2D eigenvalue weighted by Gasteiger charge is 2.40. The summed E-state index contributed by atoms with van der Waals surface area (Å²) in [6.07, 6.45) is 3.57. The summed E-state index contributed by atoms with van der Waals surface area (Å²) in [6, 6.07) is 0.0924. The van der Waals surface area contributed by atoms with Gasteiger partial charge < -0.3 is 72.6 Å². The molecule has 22 heteroatoms. The SMILES string of the molecule is CCCCOC1COCC(NC(=O)c2nccc(OC)c2OCOC(=O)C[n+]2ccc(OC)c(O)c2C(=O)NC2COCC(OCCCC)C(OCCC)C(C)OC2=O)C(=O)OC(C)C1OCCC. The van der Waals surface area contributed by atoms with Gasteiger partial charge in [-0.2, -0.15) is 4.57 Å². The second kappa shape index (κ2) is 29.6. The molecule has 69 heavy (non-hydrogen) atoms. The molecule has 8 atom stereocenters. The predicted molar refractivity (Wildman–Crippen MR) is 242 cm³/mol. The number of ether oxygens (including phenoxy) is 12. The van der Waals surface area contributed by atoms with Gasteiger partial charge in [0.2, 0.25) is 19.1 Å². The van der Waals surface area contributed by atoms with Crippen molar-refractivity contribution < 1.29 is 90.5 Å². The van der Waals surface area contributed by atoms with Gasteiger partial charge in [-0.3, -0.25) is 9.59 Å². The van der Waals surface area contributed by atoms with Crippen LogP contribution in [0, 0.1) is 0 Å². The van der Waals surface area contributed by atoms with Crippen LogP contribution in [0.2, 0.25) is 0 Å². The molecule has 2 saturated heterocycles. The van der Waals surface area contributed by atoms with E-state index in [1.54, 1.807) is 13.8 Å². The van der Waals surface area contributed by atoms with Crippen molar-refractivity contribution in [2.75, 3.05) is 73.9 Å². The van der Waals surface area contributed by atoms with Gasteiger partial charge >= 0.3 is 29.5 Å². The molecule has 8 unspecified atom stereocenters. The highest BCUT2D eigenvalue weighted by molar-refractivity contribution is 5.98. The molecule has 2 amide bonds. The van der Waals surface area contributed by atoms with Crippen LogP contribution in [0.4, 0.5) is 0 Å². The number of rotatable bonds is 25. The molecule has 3 N–H and O–H groups in total. The fraction of sp³-hybridized carbons (Fsp3) is 0.681. The molecule has 2 aromatic rings. The van der Waals surface area contributed by atoms with Crippen molar-refractivity contribution >= 4 is 29.7 Å². The van der Waals surface area contributed by atoms with Crippen LogP contribution < -0.4 is 29.4 Å². The van der Waals surface area contributed by atoms with E-state index in [2.05, 4.69) is 15.6 Å². The second-order valence-corrected chi connectivity index (χ2v) is 16.3. The third-order valence-electron chi connectivity index (χ3n) is 10.9. The van der Waals surface area contributed by atoms with Gasteiger partial charge in [0.05, 0.1) is 40.6 Å². The number of unbranched alkanes of at least 4 members (excludes halogenated alkanes) is 2. The van der Waals surface area contributed by atoms with Crippen LogP contribution in [-0.4, -0.2) is 162 Å². The van der Waals surface area contributed by atoms with Crippen molar-refractivity contribution in [1.29, 1.82) is 0 Å². The maximum atomic E-state index is 13.9. The van der Waals surface area contributed by atoms with E-state index in [1.807, 2.05) is 27.7 Å². The highest BCUT2D eigenvalue weighted by atomic mass is 16.7. The number of hydrogen-bond donors (Lipinski definition) is 3. The fourth-order valence-electron chi connectivity index (χ4n) is 7.22. The normalized spacial score (nSPS) is 23.3. The molecule has 0 radical (unpaired) electrons. The summed E-state index contributed by atoms with van der Waals surface area (Å²) < 4.78 is 70.3. The number of aromatic nitrogens is 2. The summed E-state index contributed by atoms with van der Waals surface area (Å²) in [5.41, 5.74) is -0.786. The van der Waals surface area contributed by atoms with Crippen molar-refractivity contribution in [2.24, 2.45) is 0 Å². The van der Waals surface area contributed by atoms with Gasteiger partial charge in [-0.05, 0) is 39.5 Å². The Labute approximate surface area is 403 Å². The Morgan fingerprint density at radius 2 is 1.26 bits per heavy atom. The third-order valence-corrected chi connectivity index (χ3v) is 10.9. The number of carbonyl (C=O) groups is 5. The first-order chi connectivity index (χ1) is 33.3. The van der Waals surface area contributed by atoms with Crippen LogP contribution in [-0.2, 0) is 63.6 Å². The van der Waals surface area contributed by atoms with Crippen molar-refractivity contribution in [3.63, 3.8) is 0 Å². The van der Waals surface area contributed by atoms with Crippen LogP contribution in [0.25, 0.3) is 0 Å². The topological polar surface area (TPSA) is 257 Å². The minimum atomic E-state index is -1.35. The van der Waals surface area contributed by atoms with Crippen LogP contribution >= 0.6 is 0 Å². The van der Waals surface area contributed by atoms with Crippen LogP contribution in [0.1, 0.15) is 101 Å². The minimum absolute atomic E-state index is 0.0369. The molecule has 0 aliphatic carbocycles. The molecular formula is C47H71N4O18+. The average Bonchev–Trinajstić information content (AvgIpc) is 3.41. The first-order valence-corrected chi connectivity index (χ1v) is 23.6. The fourth-order valence-corrected chi connectivity index (χ4v) is 7.22. The Balaban J connectivity index is 1.45. The van der Waals surface area contributed by atoms with Gasteiger partial charge in [0.25, 0.3) is 5.91 Å². The van der Waals surface area contributed by atoms with E-state index in [9.17, 15) is 29.1 Å². The van der Waals surface area contributed by atoms with Crippen molar-refractivity contribution in [3.05, 3.63) is 35.9 Å². The van der Waals surface area contributed by atoms with Gasteiger partial charge in [0.15, 0.2) is 41.2 Å². The molecule has 4 rings (SSSR count). The molecule has 0 spiro atoms. The monoisotopic (exact) mass is 979 g/mol. The Hall–Kier alpha value is -5.39. The molecule has 386 valence electrons. The van der Waals surface area contributed by atoms with E-state index in [1.165, 1.54) is 38.7 Å². The van der Waals surface area contributed by atoms with Crippen LogP contribution in [0.5, 0.6) is 23.0 Å². The number of aromatic hydroxyl groups is 1. The zero-order valence-electron chi connectivity index (χ0n) is 41.0. The van der Waals surface area contributed by atoms with E-state index in [-0.39, 0.29) is 49.4 Å². The van der Waals surface area contributed by atoms with Crippen LogP contribution in [0.3, 0.4) is 0 Å². The van der Waals surface area contributed by atoms with Gasteiger partial charge in [-0.1, -0.05) is 40.5 Å². The van der Waals surface area contributed by atoms with E-state index >= 15 is 0 Å². The number of nitrogens with zero attached hydrogens (tertiary/aromatic N) is 2. The highest BCUT2D eigenvalue weighted by Crippen LogP contribution is 2.30. The number of amides is 2. The molecule has 22 nitrogen and oxygen atoms in total. The molecule has 2 aromatic heterocycles. The second-order valence-electron chi connectivity index (χ2n) is 16.3. The number of hydrogen-bond acceptors (Lipinski definition) is 19. The van der Waals surface area contributed by atoms with Gasteiger partial charge in [-0.15, -0.1) is 0 Å². The number of methoxy groups -OCH3 is 2. The molecule has 2 aliphatic heterocycles. The quantitative estimate of drug-likeness (QED) is 0.0425. The standard InChI is InChI=1S/C47H70N4O18/c1-9-13-21-62-35-26-60-24-31(46(56)68-29(5)41(35)64-19-11-3)49-44(54)38-43(34(59-8)15-17-48-38)67-28-66-37(52)23-51-18-16-33(58-7)40(53)39(51)45(55)50-32-25-61-27-36(63-22-14-10-2)42(65-20-12-4)30(6)69-47(32)57/h15-18,29-32,35-36,41-42H,9-14,19-28H2,1-8H3,(H2-,49,50,53,54,55)/p+1. The Morgan fingerprint density at radius 3 is 1.77 bits per heavy atom. The Kier molecular flexibility index (Phi) is 24.1. The number of carbonyl (C=O) groups excluding carboxylic acids is 5. The smallest absolute Gasteiger partial charge is 0.375 e. The van der Waals surface area contributed by atoms with Crippen molar-refractivity contribution in [3.8, 4) is 23.0 Å². The molecule has 2 aliphatic rings. The average molecular weight is 980 g/mol. The lowest BCUT2D eigenvalue weighted by molar-refractivity contribution is -0.688. The van der Waals surface area contributed by atoms with Gasteiger partial charge in [0, 0.05) is 44.8 Å². The summed E-state index contributed by atoms with van der Waals surface area (Å²) in [5, 5.41) is 16.3. The van der Waals surface area contributed by atoms with Crippen molar-refractivity contribution in [1.82, 2.24) is 15.6 Å². The zero-order chi connectivity index (χ0) is 50.3. The van der Waals surface area contributed by atoms with E-state index in [0.717, 1.165) is 36.7 Å². The first-order valence-electron chi connectivity index (χ1n) is 23.6. The molecule has 0 aromatic carbocycles. The number of cyclic esters (lactones) is 2. The lowest BCUT2D eigenvalue weighted by atomic mass is 10.1. The van der Waals surface area contributed by atoms with Crippen molar-refractivity contribution in [2.45, 2.75) is 135 Å². The zero-order valence-corrected chi connectivity index (χ0v) is 41.0. The summed E-state index contributed by atoms with van der Waals surface area (Å²) in [6.45, 7) is 11.1.